The number of carbonyl (C=O) groups excluding carboxylic acids is 1. The van der Waals surface area contributed by atoms with E-state index >= 15 is 0 Å². The molecule has 1 amide bonds. The molecular weight excluding hydrogens is 711 g/mol. The highest BCUT2D eigenvalue weighted by atomic mass is 35.5. The number of amides is 1. The Kier molecular flexibility index (Phi) is 7.71. The van der Waals surface area contributed by atoms with Crippen molar-refractivity contribution in [3.63, 3.8) is 0 Å². The lowest BCUT2D eigenvalue weighted by Crippen LogP contribution is -2.21. The van der Waals surface area contributed by atoms with E-state index in [1.165, 1.54) is 36.5 Å². The zero-order chi connectivity index (χ0) is 36.4. The van der Waals surface area contributed by atoms with E-state index in [2.05, 4.69) is 29.6 Å². The monoisotopic (exact) mass is 735 g/mol. The minimum absolute atomic E-state index is 0.0191. The summed E-state index contributed by atoms with van der Waals surface area (Å²) in [6.07, 6.45) is 7.23. The van der Waals surface area contributed by atoms with Crippen LogP contribution in [0.4, 0.5) is 18.9 Å². The molecule has 0 fully saturated rings. The first-order chi connectivity index (χ1) is 25.6. The molecule has 6 heterocycles. The molecule has 0 bridgehead atoms. The van der Waals surface area contributed by atoms with E-state index in [-0.39, 0.29) is 11.8 Å². The number of pyridine rings is 2. The smallest absolute Gasteiger partial charge is 0.420 e. The Morgan fingerprint density at radius 2 is 1.83 bits per heavy atom. The molecular formula is C37H25ClF3N9O3. The molecule has 0 saturated carbocycles. The summed E-state index contributed by atoms with van der Waals surface area (Å²) in [5.74, 6) is -0.100. The first-order valence-corrected chi connectivity index (χ1v) is 16.8. The maximum absolute atomic E-state index is 13.7. The number of hydrogen-bond acceptors (Lipinski definition) is 9. The van der Waals surface area contributed by atoms with Crippen LogP contribution in [-0.2, 0) is 17.8 Å². The number of fused-ring (bicyclic) bond motifs is 6. The van der Waals surface area contributed by atoms with Gasteiger partial charge in [0, 0.05) is 81.9 Å². The van der Waals surface area contributed by atoms with Gasteiger partial charge in [0.15, 0.2) is 0 Å². The highest BCUT2D eigenvalue weighted by Gasteiger charge is 2.29. The number of alkyl halides is 3. The van der Waals surface area contributed by atoms with Crippen molar-refractivity contribution in [1.29, 1.82) is 0 Å². The summed E-state index contributed by atoms with van der Waals surface area (Å²) in [6.45, 7) is 2.87. The van der Waals surface area contributed by atoms with Crippen LogP contribution in [0.1, 0.15) is 40.4 Å². The van der Waals surface area contributed by atoms with Gasteiger partial charge in [-0.25, -0.2) is 24.6 Å². The molecule has 264 valence electrons. The molecule has 0 saturated heterocycles. The fraction of sp³-hybridized carbons (Fsp3) is 0.162. The molecule has 2 aliphatic rings. The number of anilines is 1. The Balaban J connectivity index is 1.08. The van der Waals surface area contributed by atoms with E-state index in [1.54, 1.807) is 41.3 Å². The first kappa shape index (κ1) is 32.7. The molecule has 1 atom stereocenters. The Morgan fingerprint density at radius 1 is 1.00 bits per heavy atom. The Bertz CT molecular complexity index is 2570. The lowest BCUT2D eigenvalue weighted by Gasteiger charge is -2.23. The van der Waals surface area contributed by atoms with Gasteiger partial charge in [-0.1, -0.05) is 0 Å². The first-order valence-electron chi connectivity index (χ1n) is 16.4. The van der Waals surface area contributed by atoms with Crippen LogP contribution in [0, 0.1) is 5.95 Å². The Morgan fingerprint density at radius 3 is 2.62 bits per heavy atom. The van der Waals surface area contributed by atoms with Crippen molar-refractivity contribution < 1.29 is 27.4 Å². The van der Waals surface area contributed by atoms with Crippen molar-refractivity contribution in [3.05, 3.63) is 114 Å². The van der Waals surface area contributed by atoms with Crippen LogP contribution in [-0.4, -0.2) is 57.3 Å². The molecule has 2 aromatic carbocycles. The van der Waals surface area contributed by atoms with Gasteiger partial charge in [0.1, 0.15) is 18.2 Å². The van der Waals surface area contributed by atoms with Gasteiger partial charge < -0.3 is 19.4 Å². The normalized spacial score (nSPS) is 14.8. The summed E-state index contributed by atoms with van der Waals surface area (Å²) in [5, 5.41) is 7.68. The van der Waals surface area contributed by atoms with E-state index in [0.717, 1.165) is 45.0 Å². The molecule has 1 aliphatic carbocycles. The number of ether oxygens (including phenoxy) is 2. The molecule has 9 rings (SSSR count). The van der Waals surface area contributed by atoms with Crippen molar-refractivity contribution >= 4 is 34.2 Å². The Labute approximate surface area is 303 Å². The second-order valence-electron chi connectivity index (χ2n) is 12.6. The molecule has 53 heavy (non-hydrogen) atoms. The zero-order valence-electron chi connectivity index (χ0n) is 27.6. The molecule has 0 spiro atoms. The lowest BCUT2D eigenvalue weighted by molar-refractivity contribution is -0.0964. The van der Waals surface area contributed by atoms with Crippen LogP contribution in [0.2, 0.25) is 0 Å². The van der Waals surface area contributed by atoms with Gasteiger partial charge in [-0.3, -0.25) is 9.78 Å². The van der Waals surface area contributed by atoms with Crippen molar-refractivity contribution in [2.45, 2.75) is 31.6 Å². The molecule has 16 heteroatoms. The number of rotatable bonds is 7. The van der Waals surface area contributed by atoms with E-state index in [4.69, 9.17) is 31.4 Å². The average Bonchev–Trinajstić information content (AvgIpc) is 3.83. The summed E-state index contributed by atoms with van der Waals surface area (Å²) in [6, 6.07) is 15.5. The molecule has 0 unspecified atom stereocenters. The molecule has 12 nitrogen and oxygen atoms in total. The highest BCUT2D eigenvalue weighted by Crippen LogP contribution is 2.40. The van der Waals surface area contributed by atoms with Gasteiger partial charge >= 0.3 is 5.57 Å². The van der Waals surface area contributed by atoms with Gasteiger partial charge in [0.25, 0.3) is 11.9 Å². The van der Waals surface area contributed by atoms with Crippen LogP contribution in [0.15, 0.2) is 85.5 Å². The summed E-state index contributed by atoms with van der Waals surface area (Å²) < 4.78 is 53.5. The van der Waals surface area contributed by atoms with Crippen LogP contribution in [0.3, 0.4) is 0 Å². The third kappa shape index (κ3) is 6.13. The number of halogens is 4. The topological polar surface area (TPSA) is 135 Å². The third-order valence-electron chi connectivity index (χ3n) is 9.05. The summed E-state index contributed by atoms with van der Waals surface area (Å²) in [5.41, 5.74) is 4.32. The van der Waals surface area contributed by atoms with Crippen LogP contribution in [0.5, 0.6) is 5.75 Å². The number of imidazole rings is 1. The second-order valence-corrected chi connectivity index (χ2v) is 13.1. The van der Waals surface area contributed by atoms with Crippen molar-refractivity contribution in [2.75, 3.05) is 11.9 Å². The molecule has 1 aliphatic heterocycles. The number of nitrogens with one attached hydrogen (secondary N) is 1. The molecule has 1 N–H and O–H groups in total. The number of hydrogen-bond donors (Lipinski definition) is 1. The molecule has 0 radical (unpaired) electrons. The Hall–Kier alpha value is -6.19. The van der Waals surface area contributed by atoms with Gasteiger partial charge in [-0.15, -0.1) is 8.78 Å². The maximum Gasteiger partial charge on any atom is 0.487 e. The summed E-state index contributed by atoms with van der Waals surface area (Å²) >= 11 is 4.88. The predicted octanol–water partition coefficient (Wildman–Crippen LogP) is 7.36. The molecule has 5 aromatic heterocycles. The van der Waals surface area contributed by atoms with Gasteiger partial charge in [0.05, 0.1) is 40.8 Å². The second kappa shape index (κ2) is 12.5. The van der Waals surface area contributed by atoms with E-state index < -0.39 is 17.4 Å². The van der Waals surface area contributed by atoms with E-state index in [9.17, 15) is 18.0 Å². The van der Waals surface area contributed by atoms with Gasteiger partial charge in [-0.05, 0) is 67.6 Å². The number of nitrogens with zero attached hydrogens (tertiary/aromatic N) is 8. The van der Waals surface area contributed by atoms with Gasteiger partial charge in [0.2, 0.25) is 5.95 Å². The molecule has 7 aromatic rings. The number of aromatic nitrogens is 8. The SMILES string of the molecule is C[C@@H]1COCc2nc3cc(C(=O)Nc4ccc(OC(F)(F)Cl)cc4)cc(-c4cnc5c(c4)-c4nn(-c6nccc(-c7ccc(F)nc7)n6)cc4C5)c3n21. The van der Waals surface area contributed by atoms with Crippen molar-refractivity contribution in [1.82, 2.24) is 39.3 Å². The lowest BCUT2D eigenvalue weighted by atomic mass is 9.99. The number of carbonyl (C=O) groups is 1. The summed E-state index contributed by atoms with van der Waals surface area (Å²) in [7, 11) is 0. The van der Waals surface area contributed by atoms with E-state index in [0.29, 0.717) is 53.6 Å². The van der Waals surface area contributed by atoms with Crippen LogP contribution >= 0.6 is 11.6 Å². The third-order valence-corrected chi connectivity index (χ3v) is 9.13. The maximum atomic E-state index is 13.7. The summed E-state index contributed by atoms with van der Waals surface area (Å²) in [4.78, 5) is 36.1. The zero-order valence-corrected chi connectivity index (χ0v) is 28.4. The quantitative estimate of drug-likeness (QED) is 0.132. The van der Waals surface area contributed by atoms with Crippen molar-refractivity contribution in [3.8, 4) is 45.3 Å². The minimum atomic E-state index is -3.86. The van der Waals surface area contributed by atoms with Gasteiger partial charge in [-0.2, -0.15) is 9.49 Å². The van der Waals surface area contributed by atoms with Crippen molar-refractivity contribution in [2.24, 2.45) is 0 Å². The van der Waals surface area contributed by atoms with Crippen LogP contribution < -0.4 is 10.1 Å². The fourth-order valence-corrected chi connectivity index (χ4v) is 6.82. The highest BCUT2D eigenvalue weighted by molar-refractivity contribution is 6.20. The van der Waals surface area contributed by atoms with Crippen LogP contribution in [0.25, 0.3) is 50.6 Å². The standard InChI is InChI=1S/C37H25ClF3N9O3/c1-19-17-52-18-32-46-30-12-21(35(51)45-24-3-5-25(6-4-24)53-37(38,40)41)10-26(34(30)50(19)32)22-11-27-29(43-15-22)13-23-16-49(48-33(23)27)36-42-9-8-28(47-36)20-2-7-31(39)44-14-20/h2-12,14-16,19H,13,17-18H2,1H3,(H,45,51)/t19-/m1/s1. The number of benzene rings is 2. The predicted molar refractivity (Wildman–Crippen MR) is 187 cm³/mol. The van der Waals surface area contributed by atoms with E-state index in [1.807, 2.05) is 19.2 Å². The fourth-order valence-electron chi connectivity index (χ4n) is 6.73. The average molecular weight is 736 g/mol. The minimum Gasteiger partial charge on any atom is -0.420 e. The largest absolute Gasteiger partial charge is 0.487 e.